The molecule has 0 atom stereocenters. The second-order valence-corrected chi connectivity index (χ2v) is 6.46. The third-order valence-electron chi connectivity index (χ3n) is 4.07. The Morgan fingerprint density at radius 2 is 2.11 bits per heavy atom. The van der Waals surface area contributed by atoms with Gasteiger partial charge in [0.1, 0.15) is 12.0 Å². The molecule has 0 bridgehead atoms. The van der Waals surface area contributed by atoms with Crippen LogP contribution in [0.5, 0.6) is 5.88 Å². The summed E-state index contributed by atoms with van der Waals surface area (Å²) < 4.78 is 50.6. The van der Waals surface area contributed by atoms with Gasteiger partial charge in [-0.25, -0.2) is 15.0 Å². The summed E-state index contributed by atoms with van der Waals surface area (Å²) in [6.45, 7) is 1.35. The molecule has 3 heterocycles. The minimum absolute atomic E-state index is 0.0267. The predicted octanol–water partition coefficient (Wildman–Crippen LogP) is 3.60. The monoisotopic (exact) mass is 416 g/mol. The molecule has 0 spiro atoms. The number of ether oxygens (including phenoxy) is 2. The molecule has 7 nitrogen and oxygen atoms in total. The number of nitrogens with zero attached hydrogens (tertiary/aromatic N) is 3. The summed E-state index contributed by atoms with van der Waals surface area (Å²) in [6, 6.07) is 2.48. The van der Waals surface area contributed by atoms with Crippen molar-refractivity contribution >= 4 is 23.2 Å². The van der Waals surface area contributed by atoms with Crippen molar-refractivity contribution in [1.82, 2.24) is 15.0 Å². The van der Waals surface area contributed by atoms with Gasteiger partial charge in [0.05, 0.1) is 17.3 Å². The molecule has 0 radical (unpaired) electrons. The normalized spacial score (nSPS) is 15.3. The van der Waals surface area contributed by atoms with Crippen LogP contribution in [-0.4, -0.2) is 40.7 Å². The average molecular weight is 417 g/mol. The van der Waals surface area contributed by atoms with Crippen LogP contribution >= 0.6 is 11.6 Å². The second kappa shape index (κ2) is 8.70. The van der Waals surface area contributed by atoms with Crippen LogP contribution in [0.2, 0.25) is 5.02 Å². The van der Waals surface area contributed by atoms with E-state index in [4.69, 9.17) is 21.1 Å². The van der Waals surface area contributed by atoms with Crippen LogP contribution in [0.1, 0.15) is 29.0 Å². The molecule has 150 valence electrons. The molecule has 1 aliphatic heterocycles. The van der Waals surface area contributed by atoms with Crippen molar-refractivity contribution in [3.8, 4) is 5.88 Å². The van der Waals surface area contributed by atoms with Crippen LogP contribution in [0.4, 0.5) is 18.9 Å². The molecule has 1 amide bonds. The molecule has 0 aliphatic carbocycles. The maximum Gasteiger partial charge on any atom is 0.435 e. The van der Waals surface area contributed by atoms with E-state index in [0.717, 1.165) is 25.2 Å². The fourth-order valence-corrected chi connectivity index (χ4v) is 2.84. The van der Waals surface area contributed by atoms with Crippen molar-refractivity contribution in [3.05, 3.63) is 41.1 Å². The maximum atomic E-state index is 13.3. The van der Waals surface area contributed by atoms with Crippen LogP contribution in [0, 0.1) is 5.92 Å². The van der Waals surface area contributed by atoms with Gasteiger partial charge >= 0.3 is 6.18 Å². The first kappa shape index (κ1) is 20.3. The quantitative estimate of drug-likeness (QED) is 0.801. The zero-order valence-electron chi connectivity index (χ0n) is 14.5. The average Bonchev–Trinajstić information content (AvgIpc) is 2.69. The number of hydrogen-bond acceptors (Lipinski definition) is 6. The summed E-state index contributed by atoms with van der Waals surface area (Å²) in [7, 11) is 0. The molecular formula is C17H16ClF3N4O3. The van der Waals surface area contributed by atoms with Gasteiger partial charge in [0.25, 0.3) is 5.91 Å². The van der Waals surface area contributed by atoms with Crippen LogP contribution in [0.15, 0.2) is 24.7 Å². The third kappa shape index (κ3) is 5.08. The molecule has 0 unspecified atom stereocenters. The molecule has 28 heavy (non-hydrogen) atoms. The Balaban J connectivity index is 1.84. The number of nitrogens with one attached hydrogen (secondary N) is 1. The second-order valence-electron chi connectivity index (χ2n) is 6.08. The predicted molar refractivity (Wildman–Crippen MR) is 93.3 cm³/mol. The van der Waals surface area contributed by atoms with E-state index in [1.807, 2.05) is 0 Å². The standard InChI is InChI=1S/C17H16ClF3N4O3/c18-14-12(24-16(26)11-1-4-22-9-23-11)7-13(25-15(14)17(19,20)21)28-8-10-2-5-27-6-3-10/h1,4,7,9-10H,2-3,5-6,8H2,(H,24,25,26). The van der Waals surface area contributed by atoms with Crippen molar-refractivity contribution < 1.29 is 27.4 Å². The van der Waals surface area contributed by atoms with Gasteiger partial charge in [0.15, 0.2) is 5.69 Å². The van der Waals surface area contributed by atoms with Crippen molar-refractivity contribution in [3.63, 3.8) is 0 Å². The lowest BCUT2D eigenvalue weighted by atomic mass is 10.0. The lowest BCUT2D eigenvalue weighted by molar-refractivity contribution is -0.141. The first-order valence-corrected chi connectivity index (χ1v) is 8.78. The summed E-state index contributed by atoms with van der Waals surface area (Å²) in [5.41, 5.74) is -1.63. The highest BCUT2D eigenvalue weighted by molar-refractivity contribution is 6.34. The van der Waals surface area contributed by atoms with Crippen molar-refractivity contribution in [2.45, 2.75) is 19.0 Å². The molecule has 1 aliphatic rings. The van der Waals surface area contributed by atoms with Gasteiger partial charge in [-0.1, -0.05) is 11.6 Å². The zero-order chi connectivity index (χ0) is 20.1. The number of anilines is 1. The highest BCUT2D eigenvalue weighted by atomic mass is 35.5. The Morgan fingerprint density at radius 3 is 2.75 bits per heavy atom. The Hall–Kier alpha value is -2.46. The highest BCUT2D eigenvalue weighted by Crippen LogP contribution is 2.39. The smallest absolute Gasteiger partial charge is 0.435 e. The van der Waals surface area contributed by atoms with Crippen LogP contribution < -0.4 is 10.1 Å². The lowest BCUT2D eigenvalue weighted by Gasteiger charge is -2.22. The minimum Gasteiger partial charge on any atom is -0.477 e. The highest BCUT2D eigenvalue weighted by Gasteiger charge is 2.37. The van der Waals surface area contributed by atoms with Crippen molar-refractivity contribution in [1.29, 1.82) is 0 Å². The molecule has 1 N–H and O–H groups in total. The number of pyridine rings is 1. The third-order valence-corrected chi connectivity index (χ3v) is 4.46. The SMILES string of the molecule is O=C(Nc1cc(OCC2CCOCC2)nc(C(F)(F)F)c1Cl)c1ccncn1. The number of halogens is 4. The molecule has 2 aromatic rings. The molecule has 0 aromatic carbocycles. The molecule has 1 fully saturated rings. The van der Waals surface area contributed by atoms with E-state index in [2.05, 4.69) is 20.3 Å². The van der Waals surface area contributed by atoms with E-state index in [9.17, 15) is 18.0 Å². The fourth-order valence-electron chi connectivity index (χ4n) is 2.59. The van der Waals surface area contributed by atoms with E-state index in [1.165, 1.54) is 12.3 Å². The van der Waals surface area contributed by atoms with E-state index in [0.29, 0.717) is 13.2 Å². The van der Waals surface area contributed by atoms with Crippen LogP contribution in [0.25, 0.3) is 0 Å². The zero-order valence-corrected chi connectivity index (χ0v) is 15.3. The topological polar surface area (TPSA) is 86.2 Å². The first-order chi connectivity index (χ1) is 13.3. The number of alkyl halides is 3. The molecule has 0 saturated carbocycles. The van der Waals surface area contributed by atoms with Gasteiger partial charge in [-0.05, 0) is 24.8 Å². The molecule has 11 heteroatoms. The Bertz CT molecular complexity index is 830. The van der Waals surface area contributed by atoms with Gasteiger partial charge in [-0.3, -0.25) is 4.79 Å². The molecule has 3 rings (SSSR count). The summed E-state index contributed by atoms with van der Waals surface area (Å²) in [4.78, 5) is 23.1. The largest absolute Gasteiger partial charge is 0.477 e. The van der Waals surface area contributed by atoms with E-state index < -0.39 is 22.8 Å². The van der Waals surface area contributed by atoms with Gasteiger partial charge in [-0.2, -0.15) is 13.2 Å². The Kier molecular flexibility index (Phi) is 6.30. The van der Waals surface area contributed by atoms with E-state index >= 15 is 0 Å². The molecular weight excluding hydrogens is 401 g/mol. The van der Waals surface area contributed by atoms with E-state index in [1.54, 1.807) is 0 Å². The summed E-state index contributed by atoms with van der Waals surface area (Å²) in [5.74, 6) is -0.861. The Labute approximate surface area is 163 Å². The number of rotatable bonds is 5. The van der Waals surface area contributed by atoms with E-state index in [-0.39, 0.29) is 29.8 Å². The van der Waals surface area contributed by atoms with Gasteiger partial charge in [0.2, 0.25) is 5.88 Å². The van der Waals surface area contributed by atoms with Crippen molar-refractivity contribution in [2.75, 3.05) is 25.1 Å². The van der Waals surface area contributed by atoms with Gasteiger partial charge in [-0.15, -0.1) is 0 Å². The van der Waals surface area contributed by atoms with Gasteiger partial charge in [0, 0.05) is 25.5 Å². The number of hydrogen-bond donors (Lipinski definition) is 1. The lowest BCUT2D eigenvalue weighted by Crippen LogP contribution is -2.22. The number of carbonyl (C=O) groups excluding carboxylic acids is 1. The van der Waals surface area contributed by atoms with Crippen LogP contribution in [0.3, 0.4) is 0 Å². The fraction of sp³-hybridized carbons (Fsp3) is 0.412. The van der Waals surface area contributed by atoms with Gasteiger partial charge < -0.3 is 14.8 Å². The summed E-state index contributed by atoms with van der Waals surface area (Å²) in [6.07, 6.45) is -0.843. The number of aromatic nitrogens is 3. The molecule has 2 aromatic heterocycles. The summed E-state index contributed by atoms with van der Waals surface area (Å²) >= 11 is 5.84. The molecule has 1 saturated heterocycles. The minimum atomic E-state index is -4.82. The first-order valence-electron chi connectivity index (χ1n) is 8.40. The number of amides is 1. The summed E-state index contributed by atoms with van der Waals surface area (Å²) in [5, 5.41) is 1.59. The van der Waals surface area contributed by atoms with Crippen molar-refractivity contribution in [2.24, 2.45) is 5.92 Å². The number of carbonyl (C=O) groups is 1. The van der Waals surface area contributed by atoms with Crippen LogP contribution in [-0.2, 0) is 10.9 Å². The maximum absolute atomic E-state index is 13.3. The Morgan fingerprint density at radius 1 is 1.36 bits per heavy atom.